The van der Waals surface area contributed by atoms with Crippen molar-refractivity contribution in [3.8, 4) is 5.75 Å². The van der Waals surface area contributed by atoms with Gasteiger partial charge in [-0.05, 0) is 49.1 Å². The summed E-state index contributed by atoms with van der Waals surface area (Å²) in [7, 11) is 1.35. The molecule has 2 aliphatic heterocycles. The van der Waals surface area contributed by atoms with E-state index in [4.69, 9.17) is 27.9 Å². The van der Waals surface area contributed by atoms with E-state index in [9.17, 15) is 24.3 Å². The van der Waals surface area contributed by atoms with Gasteiger partial charge in [0.05, 0.1) is 24.1 Å². The molecule has 208 valence electrons. The molecule has 6 rings (SSSR count). The minimum atomic E-state index is -1.90. The largest absolute Gasteiger partial charge is 0.491 e. The molecule has 2 heterocycles. The summed E-state index contributed by atoms with van der Waals surface area (Å²) in [5, 5.41) is 9.39. The SMILES string of the molecule is CN1C(=O)C2(Cl)CC3C(=CCC4C(=O)N(c5ccc(Br)cc5)C(=O)C43)C(c3ccccc3OCCO)C2(Cl)C1=O. The number of hydrogen-bond donors (Lipinski definition) is 1. The summed E-state index contributed by atoms with van der Waals surface area (Å²) >= 11 is 17.8. The molecule has 40 heavy (non-hydrogen) atoms. The standard InChI is InChI=1S/C29H25BrCl2N2O6/c1-33-26(38)28(31)14-20-17(23(29(28,32)27(33)39)18-4-2-3-5-21(18)40-13-12-35)10-11-19-22(20)25(37)34(24(19)36)16-8-6-15(30)7-9-16/h2-10,19-20,22-23,35H,11-14H2,1H3. The fourth-order valence-corrected chi connectivity index (χ4v) is 8.22. The number of allylic oxidation sites excluding steroid dienone is 2. The number of aliphatic hydroxyl groups is 1. The molecule has 4 amide bonds. The number of hydrogen-bond acceptors (Lipinski definition) is 6. The normalized spacial score (nSPS) is 33.1. The van der Waals surface area contributed by atoms with Gasteiger partial charge < -0.3 is 9.84 Å². The average molecular weight is 648 g/mol. The van der Waals surface area contributed by atoms with Gasteiger partial charge in [-0.25, -0.2) is 0 Å². The Labute approximate surface area is 249 Å². The van der Waals surface area contributed by atoms with Crippen LogP contribution in [0.5, 0.6) is 5.75 Å². The zero-order valence-corrected chi connectivity index (χ0v) is 24.4. The van der Waals surface area contributed by atoms with E-state index in [1.807, 2.05) is 6.08 Å². The first-order valence-electron chi connectivity index (χ1n) is 12.9. The highest BCUT2D eigenvalue weighted by atomic mass is 79.9. The number of para-hydroxylation sites is 1. The van der Waals surface area contributed by atoms with Crippen molar-refractivity contribution in [3.05, 3.63) is 70.2 Å². The Bertz CT molecular complexity index is 1480. The Kier molecular flexibility index (Phi) is 6.65. The Balaban J connectivity index is 1.51. The molecule has 0 bridgehead atoms. The zero-order valence-electron chi connectivity index (χ0n) is 21.4. The number of ether oxygens (including phenoxy) is 1. The van der Waals surface area contributed by atoms with E-state index in [0.29, 0.717) is 22.6 Å². The zero-order chi connectivity index (χ0) is 28.6. The molecular formula is C29H25BrCl2N2O6. The van der Waals surface area contributed by atoms with E-state index in [-0.39, 0.29) is 37.9 Å². The van der Waals surface area contributed by atoms with Crippen LogP contribution in [-0.2, 0) is 19.2 Å². The number of nitrogens with zero attached hydrogens (tertiary/aromatic N) is 2. The van der Waals surface area contributed by atoms with Crippen molar-refractivity contribution >= 4 is 68.4 Å². The van der Waals surface area contributed by atoms with Crippen LogP contribution in [-0.4, -0.2) is 63.6 Å². The third-order valence-electron chi connectivity index (χ3n) is 8.68. The lowest BCUT2D eigenvalue weighted by Gasteiger charge is -2.51. The van der Waals surface area contributed by atoms with Crippen molar-refractivity contribution in [3.63, 3.8) is 0 Å². The van der Waals surface area contributed by atoms with Gasteiger partial charge in [-0.15, -0.1) is 23.2 Å². The summed E-state index contributed by atoms with van der Waals surface area (Å²) in [5.41, 5.74) is 1.66. The van der Waals surface area contributed by atoms with Crippen molar-refractivity contribution in [2.24, 2.45) is 17.8 Å². The quantitative estimate of drug-likeness (QED) is 0.299. The molecule has 3 fully saturated rings. The number of halogens is 3. The number of fused-ring (bicyclic) bond motifs is 4. The van der Waals surface area contributed by atoms with E-state index >= 15 is 0 Å². The highest BCUT2D eigenvalue weighted by Crippen LogP contribution is 2.66. The first-order valence-corrected chi connectivity index (χ1v) is 14.5. The van der Waals surface area contributed by atoms with Crippen molar-refractivity contribution < 1.29 is 29.0 Å². The lowest BCUT2D eigenvalue weighted by molar-refractivity contribution is -0.138. The summed E-state index contributed by atoms with van der Waals surface area (Å²) < 4.78 is 6.63. The monoisotopic (exact) mass is 646 g/mol. The summed E-state index contributed by atoms with van der Waals surface area (Å²) in [5.74, 6) is -4.55. The minimum Gasteiger partial charge on any atom is -0.491 e. The van der Waals surface area contributed by atoms with Crippen LogP contribution in [0.15, 0.2) is 64.7 Å². The van der Waals surface area contributed by atoms with Crippen molar-refractivity contribution in [2.75, 3.05) is 25.2 Å². The number of benzene rings is 2. The van der Waals surface area contributed by atoms with Crippen LogP contribution in [0.4, 0.5) is 5.69 Å². The number of aliphatic hydroxyl groups excluding tert-OH is 1. The molecule has 2 aliphatic carbocycles. The molecule has 6 unspecified atom stereocenters. The molecule has 1 N–H and O–H groups in total. The van der Waals surface area contributed by atoms with Gasteiger partial charge >= 0.3 is 0 Å². The molecule has 0 radical (unpaired) electrons. The lowest BCUT2D eigenvalue weighted by atomic mass is 9.56. The van der Waals surface area contributed by atoms with Crippen LogP contribution in [0, 0.1) is 17.8 Å². The highest BCUT2D eigenvalue weighted by Gasteiger charge is 2.76. The first-order chi connectivity index (χ1) is 19.1. The number of carbonyl (C=O) groups excluding carboxylic acids is 4. The third kappa shape index (κ3) is 3.60. The van der Waals surface area contributed by atoms with Gasteiger partial charge in [0.15, 0.2) is 9.75 Å². The van der Waals surface area contributed by atoms with Gasteiger partial charge in [0.25, 0.3) is 11.8 Å². The van der Waals surface area contributed by atoms with Gasteiger partial charge in [-0.1, -0.05) is 45.8 Å². The Morgan fingerprint density at radius 2 is 1.70 bits per heavy atom. The fraction of sp³-hybridized carbons (Fsp3) is 0.379. The average Bonchev–Trinajstić information content (AvgIpc) is 3.27. The second kappa shape index (κ2) is 9.69. The predicted octanol–water partition coefficient (Wildman–Crippen LogP) is 4.01. The summed E-state index contributed by atoms with van der Waals surface area (Å²) in [6.07, 6.45) is 2.07. The number of rotatable bonds is 5. The number of carbonyl (C=O) groups is 4. The maximum absolute atomic E-state index is 14.0. The Hall–Kier alpha value is -2.72. The van der Waals surface area contributed by atoms with Crippen molar-refractivity contribution in [1.82, 2.24) is 4.90 Å². The molecule has 0 aromatic heterocycles. The van der Waals surface area contributed by atoms with Crippen LogP contribution >= 0.6 is 39.1 Å². The second-order valence-electron chi connectivity index (χ2n) is 10.6. The van der Waals surface area contributed by atoms with Crippen molar-refractivity contribution in [2.45, 2.75) is 28.5 Å². The van der Waals surface area contributed by atoms with Gasteiger partial charge in [0.2, 0.25) is 11.8 Å². The molecule has 2 aromatic carbocycles. The molecule has 2 aromatic rings. The summed E-state index contributed by atoms with van der Waals surface area (Å²) in [4.78, 5) is 53.3. The van der Waals surface area contributed by atoms with Crippen LogP contribution < -0.4 is 9.64 Å². The molecular weight excluding hydrogens is 623 g/mol. The predicted molar refractivity (Wildman–Crippen MR) is 151 cm³/mol. The summed E-state index contributed by atoms with van der Waals surface area (Å²) in [6, 6.07) is 13.9. The lowest BCUT2D eigenvalue weighted by Crippen LogP contribution is -2.60. The molecule has 6 atom stereocenters. The topological polar surface area (TPSA) is 104 Å². The van der Waals surface area contributed by atoms with E-state index in [1.54, 1.807) is 48.5 Å². The van der Waals surface area contributed by atoms with Gasteiger partial charge in [0, 0.05) is 23.0 Å². The maximum Gasteiger partial charge on any atom is 0.253 e. The van der Waals surface area contributed by atoms with Gasteiger partial charge in [-0.2, -0.15) is 0 Å². The second-order valence-corrected chi connectivity index (χ2v) is 12.8. The van der Waals surface area contributed by atoms with Gasteiger partial charge in [0.1, 0.15) is 12.4 Å². The molecule has 8 nitrogen and oxygen atoms in total. The van der Waals surface area contributed by atoms with E-state index in [1.165, 1.54) is 11.9 Å². The molecule has 11 heteroatoms. The van der Waals surface area contributed by atoms with Gasteiger partial charge in [-0.3, -0.25) is 29.0 Å². The molecule has 2 saturated heterocycles. The van der Waals surface area contributed by atoms with Crippen molar-refractivity contribution in [1.29, 1.82) is 0 Å². The van der Waals surface area contributed by atoms with Crippen LogP contribution in [0.2, 0.25) is 0 Å². The van der Waals surface area contributed by atoms with E-state index < -0.39 is 45.2 Å². The maximum atomic E-state index is 14.0. The van der Waals surface area contributed by atoms with E-state index in [2.05, 4.69) is 15.9 Å². The summed E-state index contributed by atoms with van der Waals surface area (Å²) in [6.45, 7) is -0.234. The molecule has 0 spiro atoms. The van der Waals surface area contributed by atoms with Crippen LogP contribution in [0.25, 0.3) is 0 Å². The number of amides is 4. The third-order valence-corrected chi connectivity index (χ3v) is 10.6. The van der Waals surface area contributed by atoms with E-state index in [0.717, 1.165) is 9.37 Å². The Morgan fingerprint density at radius 3 is 2.40 bits per heavy atom. The number of likely N-dealkylation sites (tertiary alicyclic amines) is 1. The number of anilines is 1. The van der Waals surface area contributed by atoms with Crippen LogP contribution in [0.1, 0.15) is 24.3 Å². The first kappa shape index (κ1) is 27.4. The minimum absolute atomic E-state index is 0.000129. The fourth-order valence-electron chi connectivity index (χ4n) is 6.94. The molecule has 1 saturated carbocycles. The Morgan fingerprint density at radius 1 is 1.00 bits per heavy atom. The number of imide groups is 2. The molecule has 4 aliphatic rings. The number of alkyl halides is 2. The van der Waals surface area contributed by atoms with Crippen LogP contribution in [0.3, 0.4) is 0 Å². The highest BCUT2D eigenvalue weighted by molar-refractivity contribution is 9.10. The smallest absolute Gasteiger partial charge is 0.253 e.